The molecular formula is C20H18F2N4O2. The number of carbonyl (C=O) groups is 1. The summed E-state index contributed by atoms with van der Waals surface area (Å²) in [6.45, 7) is 3.83. The second-order valence-corrected chi connectivity index (χ2v) is 6.19. The van der Waals surface area contributed by atoms with Crippen LogP contribution in [-0.4, -0.2) is 21.4 Å². The van der Waals surface area contributed by atoms with Crippen LogP contribution in [0.4, 0.5) is 8.78 Å². The lowest BCUT2D eigenvalue weighted by atomic mass is 10.1. The van der Waals surface area contributed by atoms with Gasteiger partial charge in [-0.05, 0) is 37.6 Å². The van der Waals surface area contributed by atoms with Crippen LogP contribution < -0.4 is 11.0 Å². The molecule has 0 spiro atoms. The number of hydrazone groups is 1. The van der Waals surface area contributed by atoms with Crippen molar-refractivity contribution in [2.45, 2.75) is 26.8 Å². The van der Waals surface area contributed by atoms with Gasteiger partial charge in [-0.25, -0.2) is 18.9 Å². The molecule has 1 N–H and O–H groups in total. The Bertz CT molecular complexity index is 1140. The molecule has 1 amide bonds. The van der Waals surface area contributed by atoms with E-state index in [2.05, 4.69) is 15.6 Å². The molecule has 144 valence electrons. The summed E-state index contributed by atoms with van der Waals surface area (Å²) in [5, 5.41) is 8.93. The first kappa shape index (κ1) is 19.3. The smallest absolute Gasteiger partial charge is 0.267 e. The van der Waals surface area contributed by atoms with E-state index in [1.807, 2.05) is 6.92 Å². The fraction of sp³-hybridized carbons (Fsp3) is 0.200. The minimum absolute atomic E-state index is 0.0606. The van der Waals surface area contributed by atoms with Crippen LogP contribution in [0.15, 0.2) is 52.4 Å². The van der Waals surface area contributed by atoms with Gasteiger partial charge in [0.05, 0.1) is 11.1 Å². The molecule has 28 heavy (non-hydrogen) atoms. The Kier molecular flexibility index (Phi) is 5.58. The Morgan fingerprint density at radius 1 is 1.14 bits per heavy atom. The summed E-state index contributed by atoms with van der Waals surface area (Å²) in [7, 11) is 0. The number of amides is 1. The van der Waals surface area contributed by atoms with Crippen molar-refractivity contribution in [3.8, 4) is 0 Å². The highest BCUT2D eigenvalue weighted by molar-refractivity contribution is 6.06. The predicted molar refractivity (Wildman–Crippen MR) is 102 cm³/mol. The largest absolute Gasteiger partial charge is 0.292 e. The van der Waals surface area contributed by atoms with Crippen molar-refractivity contribution in [1.82, 2.24) is 15.2 Å². The van der Waals surface area contributed by atoms with Gasteiger partial charge in [-0.15, -0.1) is 0 Å². The molecule has 0 atom stereocenters. The summed E-state index contributed by atoms with van der Waals surface area (Å²) in [6.07, 6.45) is 0.680. The van der Waals surface area contributed by atoms with Crippen LogP contribution in [0.5, 0.6) is 0 Å². The van der Waals surface area contributed by atoms with Crippen LogP contribution in [0.1, 0.15) is 36.3 Å². The molecule has 0 saturated carbocycles. The van der Waals surface area contributed by atoms with Gasteiger partial charge in [-0.3, -0.25) is 9.59 Å². The third-order valence-electron chi connectivity index (χ3n) is 4.18. The number of hydrogen-bond acceptors (Lipinski definition) is 4. The van der Waals surface area contributed by atoms with E-state index >= 15 is 0 Å². The van der Waals surface area contributed by atoms with Crippen LogP contribution in [0.3, 0.4) is 0 Å². The maximum Gasteiger partial charge on any atom is 0.292 e. The molecule has 1 heterocycles. The van der Waals surface area contributed by atoms with Crippen molar-refractivity contribution in [2.75, 3.05) is 0 Å². The second kappa shape index (κ2) is 8.08. The molecule has 0 saturated heterocycles. The molecule has 0 radical (unpaired) electrons. The number of carbonyl (C=O) groups excluding carboxylic acids is 1. The first-order valence-corrected chi connectivity index (χ1v) is 8.72. The number of aryl methyl sites for hydroxylation is 1. The lowest BCUT2D eigenvalue weighted by Gasteiger charge is -2.09. The van der Waals surface area contributed by atoms with Gasteiger partial charge < -0.3 is 0 Å². The van der Waals surface area contributed by atoms with Crippen LogP contribution in [0.2, 0.25) is 0 Å². The van der Waals surface area contributed by atoms with Gasteiger partial charge in [0, 0.05) is 17.5 Å². The number of fused-ring (bicyclic) bond motifs is 1. The average molecular weight is 384 g/mol. The van der Waals surface area contributed by atoms with Gasteiger partial charge in [0.15, 0.2) is 17.3 Å². The minimum atomic E-state index is -1.00. The average Bonchev–Trinajstić information content (AvgIpc) is 2.70. The van der Waals surface area contributed by atoms with Gasteiger partial charge in [0.1, 0.15) is 0 Å². The van der Waals surface area contributed by atoms with E-state index in [0.29, 0.717) is 35.0 Å². The van der Waals surface area contributed by atoms with Crippen molar-refractivity contribution >= 4 is 22.4 Å². The van der Waals surface area contributed by atoms with E-state index in [4.69, 9.17) is 0 Å². The van der Waals surface area contributed by atoms with E-state index in [1.54, 1.807) is 31.2 Å². The predicted octanol–water partition coefficient (Wildman–Crippen LogP) is 3.24. The summed E-state index contributed by atoms with van der Waals surface area (Å²) in [5.74, 6) is -2.57. The molecule has 3 aromatic rings. The van der Waals surface area contributed by atoms with E-state index in [0.717, 1.165) is 12.1 Å². The van der Waals surface area contributed by atoms with Crippen LogP contribution in [0.25, 0.3) is 10.8 Å². The monoisotopic (exact) mass is 384 g/mol. The van der Waals surface area contributed by atoms with Gasteiger partial charge in [0.2, 0.25) is 0 Å². The number of halogens is 2. The van der Waals surface area contributed by atoms with Crippen molar-refractivity contribution in [3.05, 3.63) is 75.7 Å². The van der Waals surface area contributed by atoms with Crippen LogP contribution in [-0.2, 0) is 6.54 Å². The third kappa shape index (κ3) is 3.80. The number of nitrogens with one attached hydrogen (secondary N) is 1. The summed E-state index contributed by atoms with van der Waals surface area (Å²) in [6, 6.07) is 10.0. The van der Waals surface area contributed by atoms with E-state index in [-0.39, 0.29) is 11.3 Å². The number of aromatic nitrogens is 2. The molecule has 6 nitrogen and oxygen atoms in total. The number of nitrogens with zero attached hydrogens (tertiary/aromatic N) is 3. The van der Waals surface area contributed by atoms with Crippen molar-refractivity contribution in [3.63, 3.8) is 0 Å². The molecule has 8 heteroatoms. The summed E-state index contributed by atoms with van der Waals surface area (Å²) in [5.41, 5.74) is 2.78. The number of benzene rings is 2. The summed E-state index contributed by atoms with van der Waals surface area (Å²) >= 11 is 0. The molecule has 0 fully saturated rings. The van der Waals surface area contributed by atoms with Gasteiger partial charge >= 0.3 is 0 Å². The first-order chi connectivity index (χ1) is 13.4. The fourth-order valence-corrected chi connectivity index (χ4v) is 2.74. The Hall–Kier alpha value is -3.42. The molecule has 0 aliphatic rings. The highest BCUT2D eigenvalue weighted by Gasteiger charge is 2.16. The SMILES string of the molecule is CCCn1nc(C(=O)N/N=C(\C)c2ccc(F)c(F)c2)c2ccccc2c1=O. The molecule has 0 unspecified atom stereocenters. The highest BCUT2D eigenvalue weighted by Crippen LogP contribution is 2.14. The normalized spacial score (nSPS) is 11.6. The standard InChI is InChI=1S/C20H18F2N4O2/c1-3-10-26-20(28)15-7-5-4-6-14(15)18(25-26)19(27)24-23-12(2)13-8-9-16(21)17(22)11-13/h4-9,11H,3,10H2,1-2H3,(H,24,27)/b23-12+. The minimum Gasteiger partial charge on any atom is -0.267 e. The van der Waals surface area contributed by atoms with Gasteiger partial charge in [-0.2, -0.15) is 10.2 Å². The molecule has 2 aromatic carbocycles. The maximum absolute atomic E-state index is 13.4. The van der Waals surface area contributed by atoms with Crippen molar-refractivity contribution in [2.24, 2.45) is 5.10 Å². The Labute approximate surface area is 159 Å². The maximum atomic E-state index is 13.4. The zero-order valence-electron chi connectivity index (χ0n) is 15.4. The molecule has 1 aromatic heterocycles. The van der Waals surface area contributed by atoms with Crippen molar-refractivity contribution in [1.29, 1.82) is 0 Å². The highest BCUT2D eigenvalue weighted by atomic mass is 19.2. The van der Waals surface area contributed by atoms with Gasteiger partial charge in [0.25, 0.3) is 11.5 Å². The quantitative estimate of drug-likeness (QED) is 0.542. The first-order valence-electron chi connectivity index (χ1n) is 8.72. The zero-order valence-corrected chi connectivity index (χ0v) is 15.4. The van der Waals surface area contributed by atoms with Crippen LogP contribution >= 0.6 is 0 Å². The Balaban J connectivity index is 1.96. The van der Waals surface area contributed by atoms with E-state index in [1.165, 1.54) is 10.7 Å². The molecule has 0 aliphatic heterocycles. The third-order valence-corrected chi connectivity index (χ3v) is 4.18. The molecule has 3 rings (SSSR count). The van der Waals surface area contributed by atoms with Gasteiger partial charge in [-0.1, -0.05) is 25.1 Å². The molecule has 0 aliphatic carbocycles. The topological polar surface area (TPSA) is 76.3 Å². The second-order valence-electron chi connectivity index (χ2n) is 6.19. The molecular weight excluding hydrogens is 366 g/mol. The Morgan fingerprint density at radius 2 is 1.86 bits per heavy atom. The Morgan fingerprint density at radius 3 is 2.54 bits per heavy atom. The van der Waals surface area contributed by atoms with Crippen LogP contribution in [0, 0.1) is 11.6 Å². The zero-order chi connectivity index (χ0) is 20.3. The number of rotatable bonds is 5. The van der Waals surface area contributed by atoms with E-state index < -0.39 is 17.5 Å². The lowest BCUT2D eigenvalue weighted by molar-refractivity contribution is 0.0949. The number of hydrogen-bond donors (Lipinski definition) is 1. The summed E-state index contributed by atoms with van der Waals surface area (Å²) < 4.78 is 27.7. The van der Waals surface area contributed by atoms with Crippen molar-refractivity contribution < 1.29 is 13.6 Å². The molecule has 0 bridgehead atoms. The lowest BCUT2D eigenvalue weighted by Crippen LogP contribution is -2.29. The summed E-state index contributed by atoms with van der Waals surface area (Å²) in [4.78, 5) is 25.1. The van der Waals surface area contributed by atoms with E-state index in [9.17, 15) is 18.4 Å². The fourth-order valence-electron chi connectivity index (χ4n) is 2.74.